The zero-order chi connectivity index (χ0) is 7.40. The highest BCUT2D eigenvalue weighted by Crippen LogP contribution is 2.31. The summed E-state index contributed by atoms with van der Waals surface area (Å²) in [4.78, 5) is 0. The van der Waals surface area contributed by atoms with Gasteiger partial charge in [0.25, 0.3) is 0 Å². The van der Waals surface area contributed by atoms with Crippen LogP contribution in [0, 0.1) is 5.92 Å². The Morgan fingerprint density at radius 3 is 2.60 bits per heavy atom. The molecule has 1 unspecified atom stereocenters. The number of halogens is 1. The third kappa shape index (κ3) is 1.69. The maximum Gasteiger partial charge on any atom is 0.121 e. The normalized spacial score (nSPS) is 22.5. The van der Waals surface area contributed by atoms with Crippen LogP contribution in [0.25, 0.3) is 0 Å². The van der Waals surface area contributed by atoms with Gasteiger partial charge in [0.05, 0.1) is 0 Å². The van der Waals surface area contributed by atoms with Crippen LogP contribution >= 0.6 is 0 Å². The van der Waals surface area contributed by atoms with E-state index in [9.17, 15) is 4.39 Å². The molecule has 56 valence electrons. The van der Waals surface area contributed by atoms with Crippen molar-refractivity contribution in [3.05, 3.63) is 24.8 Å². The highest BCUT2D eigenvalue weighted by Gasteiger charge is 2.24. The smallest absolute Gasteiger partial charge is 0.121 e. The number of alkyl halides is 1. The van der Waals surface area contributed by atoms with Crippen LogP contribution in [0.4, 0.5) is 4.39 Å². The van der Waals surface area contributed by atoms with Gasteiger partial charge in [0.15, 0.2) is 0 Å². The molecule has 0 heterocycles. The molecule has 1 fully saturated rings. The molecule has 1 aliphatic rings. The molecule has 1 atom stereocenters. The van der Waals surface area contributed by atoms with E-state index in [1.807, 2.05) is 0 Å². The van der Waals surface area contributed by atoms with Crippen LogP contribution in [0.2, 0.25) is 0 Å². The van der Waals surface area contributed by atoms with Crippen molar-refractivity contribution >= 4 is 0 Å². The van der Waals surface area contributed by atoms with Crippen LogP contribution in [0.15, 0.2) is 24.8 Å². The lowest BCUT2D eigenvalue weighted by atomic mass is 9.82. The minimum absolute atomic E-state index is 0.302. The molecular formula is C9H13F. The second kappa shape index (κ2) is 3.55. The van der Waals surface area contributed by atoms with Crippen molar-refractivity contribution in [2.45, 2.75) is 25.4 Å². The lowest BCUT2D eigenvalue weighted by Gasteiger charge is -2.26. The first-order chi connectivity index (χ1) is 4.84. The van der Waals surface area contributed by atoms with E-state index in [1.165, 1.54) is 6.42 Å². The number of allylic oxidation sites excluding steroid dienone is 3. The molecule has 0 spiro atoms. The Morgan fingerprint density at radius 2 is 2.20 bits per heavy atom. The minimum Gasteiger partial charge on any atom is -0.243 e. The first kappa shape index (κ1) is 7.52. The van der Waals surface area contributed by atoms with Crippen molar-refractivity contribution < 1.29 is 4.39 Å². The molecule has 1 saturated carbocycles. The summed E-state index contributed by atoms with van der Waals surface area (Å²) < 4.78 is 12.9. The van der Waals surface area contributed by atoms with Crippen LogP contribution in [-0.4, -0.2) is 6.17 Å². The maximum atomic E-state index is 12.9. The fourth-order valence-corrected chi connectivity index (χ4v) is 1.10. The number of rotatable bonds is 3. The predicted molar refractivity (Wildman–Crippen MR) is 41.6 cm³/mol. The second-order valence-electron chi connectivity index (χ2n) is 2.76. The Bertz CT molecular complexity index is 134. The second-order valence-corrected chi connectivity index (χ2v) is 2.76. The van der Waals surface area contributed by atoms with Gasteiger partial charge in [0.1, 0.15) is 6.17 Å². The zero-order valence-corrected chi connectivity index (χ0v) is 6.09. The van der Waals surface area contributed by atoms with Gasteiger partial charge in [-0.05, 0) is 18.8 Å². The largest absolute Gasteiger partial charge is 0.243 e. The molecule has 0 aromatic carbocycles. The van der Waals surface area contributed by atoms with Gasteiger partial charge >= 0.3 is 0 Å². The molecule has 0 aromatic heterocycles. The summed E-state index contributed by atoms with van der Waals surface area (Å²) in [5.74, 6) is 0.302. The van der Waals surface area contributed by atoms with E-state index in [-0.39, 0.29) is 0 Å². The average Bonchev–Trinajstić information content (AvgIpc) is 1.79. The molecule has 0 aromatic rings. The molecule has 0 N–H and O–H groups in total. The van der Waals surface area contributed by atoms with E-state index in [2.05, 4.69) is 6.58 Å². The van der Waals surface area contributed by atoms with E-state index in [0.717, 1.165) is 12.8 Å². The van der Waals surface area contributed by atoms with Crippen molar-refractivity contribution in [1.82, 2.24) is 0 Å². The lowest BCUT2D eigenvalue weighted by Crippen LogP contribution is -2.21. The summed E-state index contributed by atoms with van der Waals surface area (Å²) >= 11 is 0. The van der Waals surface area contributed by atoms with Crippen LogP contribution in [-0.2, 0) is 0 Å². The molecule has 1 aliphatic carbocycles. The number of hydrogen-bond donors (Lipinski definition) is 0. The van der Waals surface area contributed by atoms with E-state index in [0.29, 0.717) is 5.92 Å². The molecule has 10 heavy (non-hydrogen) atoms. The van der Waals surface area contributed by atoms with Crippen molar-refractivity contribution in [3.8, 4) is 0 Å². The van der Waals surface area contributed by atoms with Gasteiger partial charge in [0.2, 0.25) is 0 Å². The summed E-state index contributed by atoms with van der Waals surface area (Å²) in [6.07, 6.45) is 7.48. The number of hydrogen-bond acceptors (Lipinski definition) is 0. The first-order valence-corrected chi connectivity index (χ1v) is 3.78. The maximum absolute atomic E-state index is 12.9. The van der Waals surface area contributed by atoms with Crippen LogP contribution in [0.1, 0.15) is 19.3 Å². The monoisotopic (exact) mass is 140 g/mol. The molecule has 1 rings (SSSR count). The standard InChI is InChI=1S/C9H13F/c1-2-3-7-9(10)8-5-4-6-8/h2-3,7-9H,1,4-6H2. The molecule has 0 nitrogen and oxygen atoms in total. The van der Waals surface area contributed by atoms with Crippen molar-refractivity contribution in [2.24, 2.45) is 5.92 Å². The van der Waals surface area contributed by atoms with Crippen LogP contribution in [0.5, 0.6) is 0 Å². The molecule has 0 saturated heterocycles. The summed E-state index contributed by atoms with van der Waals surface area (Å²) in [5, 5.41) is 0. The fourth-order valence-electron chi connectivity index (χ4n) is 1.10. The van der Waals surface area contributed by atoms with Gasteiger partial charge in [-0.3, -0.25) is 0 Å². The van der Waals surface area contributed by atoms with Gasteiger partial charge in [-0.15, -0.1) is 0 Å². The summed E-state index contributed by atoms with van der Waals surface area (Å²) in [5.41, 5.74) is 0. The van der Waals surface area contributed by atoms with E-state index in [4.69, 9.17) is 0 Å². The highest BCUT2D eigenvalue weighted by molar-refractivity contribution is 5.03. The predicted octanol–water partition coefficient (Wildman–Crippen LogP) is 2.87. The Balaban J connectivity index is 2.25. The lowest BCUT2D eigenvalue weighted by molar-refractivity contribution is 0.186. The molecule has 1 heteroatoms. The average molecular weight is 140 g/mol. The summed E-state index contributed by atoms with van der Waals surface area (Å²) in [7, 11) is 0. The first-order valence-electron chi connectivity index (χ1n) is 3.78. The highest BCUT2D eigenvalue weighted by atomic mass is 19.1. The van der Waals surface area contributed by atoms with Crippen molar-refractivity contribution in [2.75, 3.05) is 0 Å². The SMILES string of the molecule is C=CC=CC(F)C1CCC1. The van der Waals surface area contributed by atoms with E-state index < -0.39 is 6.17 Å². The van der Waals surface area contributed by atoms with Gasteiger partial charge in [-0.25, -0.2) is 4.39 Å². The molecule has 0 amide bonds. The van der Waals surface area contributed by atoms with Crippen molar-refractivity contribution in [1.29, 1.82) is 0 Å². The molecular weight excluding hydrogens is 127 g/mol. The third-order valence-corrected chi connectivity index (χ3v) is 2.03. The Hall–Kier alpha value is -0.590. The molecule has 0 bridgehead atoms. The Labute approximate surface area is 61.4 Å². The molecule has 0 aliphatic heterocycles. The molecule has 0 radical (unpaired) electrons. The minimum atomic E-state index is -0.730. The summed E-state index contributed by atoms with van der Waals surface area (Å²) in [6, 6.07) is 0. The van der Waals surface area contributed by atoms with Gasteiger partial charge in [0, 0.05) is 0 Å². The Kier molecular flexibility index (Phi) is 2.67. The van der Waals surface area contributed by atoms with Gasteiger partial charge in [-0.2, -0.15) is 0 Å². The van der Waals surface area contributed by atoms with Crippen LogP contribution < -0.4 is 0 Å². The summed E-state index contributed by atoms with van der Waals surface area (Å²) in [6.45, 7) is 3.48. The quantitative estimate of drug-likeness (QED) is 0.529. The topological polar surface area (TPSA) is 0 Å². The van der Waals surface area contributed by atoms with E-state index in [1.54, 1.807) is 18.2 Å². The van der Waals surface area contributed by atoms with Crippen LogP contribution in [0.3, 0.4) is 0 Å². The third-order valence-electron chi connectivity index (χ3n) is 2.03. The fraction of sp³-hybridized carbons (Fsp3) is 0.556. The zero-order valence-electron chi connectivity index (χ0n) is 6.09. The van der Waals surface area contributed by atoms with E-state index >= 15 is 0 Å². The Morgan fingerprint density at radius 1 is 1.50 bits per heavy atom. The van der Waals surface area contributed by atoms with Gasteiger partial charge < -0.3 is 0 Å². The van der Waals surface area contributed by atoms with Gasteiger partial charge in [-0.1, -0.05) is 31.2 Å². The van der Waals surface area contributed by atoms with Crippen molar-refractivity contribution in [3.63, 3.8) is 0 Å².